The summed E-state index contributed by atoms with van der Waals surface area (Å²) in [7, 11) is 0. The second-order valence-electron chi connectivity index (χ2n) is 6.58. The summed E-state index contributed by atoms with van der Waals surface area (Å²) in [5.74, 6) is -0.190. The van der Waals surface area contributed by atoms with E-state index in [2.05, 4.69) is 36.0 Å². The number of rotatable bonds is 6. The van der Waals surface area contributed by atoms with E-state index in [1.165, 1.54) is 11.1 Å². The molecule has 1 atom stereocenters. The number of benzene rings is 1. The van der Waals surface area contributed by atoms with Crippen LogP contribution in [0.15, 0.2) is 23.3 Å². The van der Waals surface area contributed by atoms with Crippen LogP contribution in [0.2, 0.25) is 0 Å². The van der Waals surface area contributed by atoms with Crippen LogP contribution in [0, 0.1) is 13.8 Å². The van der Waals surface area contributed by atoms with Crippen molar-refractivity contribution in [2.75, 3.05) is 6.54 Å². The maximum Gasteiger partial charge on any atom is 0.306 e. The second kappa shape index (κ2) is 7.85. The standard InChI is InChI=1S/C17H25N3O2/c1-12-6-7-14(10-13(12)2)15(11-19-20-18)8-9-16(21)22-17(3,4)5/h6-7,10,15H,8-9,11H2,1-5H3/t15-/m1/s1. The normalized spacial score (nSPS) is 12.4. The third-order valence-corrected chi connectivity index (χ3v) is 3.48. The van der Waals surface area contributed by atoms with Gasteiger partial charge in [-0.15, -0.1) is 0 Å². The zero-order valence-electron chi connectivity index (χ0n) is 14.1. The van der Waals surface area contributed by atoms with Gasteiger partial charge in [0.1, 0.15) is 5.60 Å². The van der Waals surface area contributed by atoms with Gasteiger partial charge in [0.2, 0.25) is 0 Å². The minimum absolute atomic E-state index is 0.0303. The predicted molar refractivity (Wildman–Crippen MR) is 87.7 cm³/mol. The summed E-state index contributed by atoms with van der Waals surface area (Å²) >= 11 is 0. The van der Waals surface area contributed by atoms with Crippen molar-refractivity contribution in [2.24, 2.45) is 5.11 Å². The molecule has 0 spiro atoms. The van der Waals surface area contributed by atoms with Crippen molar-refractivity contribution >= 4 is 5.97 Å². The molecule has 0 aliphatic heterocycles. The lowest BCUT2D eigenvalue weighted by Gasteiger charge is -2.21. The van der Waals surface area contributed by atoms with Crippen molar-refractivity contribution < 1.29 is 9.53 Å². The van der Waals surface area contributed by atoms with E-state index >= 15 is 0 Å². The van der Waals surface area contributed by atoms with E-state index < -0.39 is 5.60 Å². The van der Waals surface area contributed by atoms with Gasteiger partial charge in [-0.05, 0) is 69.2 Å². The minimum Gasteiger partial charge on any atom is -0.460 e. The van der Waals surface area contributed by atoms with Crippen molar-refractivity contribution in [3.8, 4) is 0 Å². The highest BCUT2D eigenvalue weighted by molar-refractivity contribution is 5.69. The maximum absolute atomic E-state index is 11.9. The van der Waals surface area contributed by atoms with Gasteiger partial charge in [0.25, 0.3) is 0 Å². The first kappa shape index (κ1) is 18.1. The zero-order chi connectivity index (χ0) is 16.8. The van der Waals surface area contributed by atoms with E-state index in [1.54, 1.807) is 0 Å². The van der Waals surface area contributed by atoms with E-state index in [0.717, 1.165) is 5.56 Å². The van der Waals surface area contributed by atoms with E-state index in [9.17, 15) is 4.79 Å². The lowest BCUT2D eigenvalue weighted by atomic mass is 9.92. The molecular weight excluding hydrogens is 278 g/mol. The number of nitrogens with zero attached hydrogens (tertiary/aromatic N) is 3. The number of aryl methyl sites for hydroxylation is 2. The van der Waals surface area contributed by atoms with Gasteiger partial charge in [-0.3, -0.25) is 4.79 Å². The Morgan fingerprint density at radius 1 is 1.32 bits per heavy atom. The fourth-order valence-corrected chi connectivity index (χ4v) is 2.20. The fraction of sp³-hybridized carbons (Fsp3) is 0.588. The molecule has 0 amide bonds. The number of azide groups is 1. The Balaban J connectivity index is 2.78. The molecule has 0 radical (unpaired) electrons. The smallest absolute Gasteiger partial charge is 0.306 e. The zero-order valence-corrected chi connectivity index (χ0v) is 14.1. The topological polar surface area (TPSA) is 75.1 Å². The lowest BCUT2D eigenvalue weighted by Crippen LogP contribution is -2.24. The monoisotopic (exact) mass is 303 g/mol. The van der Waals surface area contributed by atoms with Crippen LogP contribution in [-0.4, -0.2) is 18.1 Å². The van der Waals surface area contributed by atoms with E-state index in [4.69, 9.17) is 10.3 Å². The second-order valence-corrected chi connectivity index (χ2v) is 6.58. The van der Waals surface area contributed by atoms with Crippen molar-refractivity contribution in [3.05, 3.63) is 45.3 Å². The molecule has 0 bridgehead atoms. The number of hydrogen-bond acceptors (Lipinski definition) is 3. The number of carbonyl (C=O) groups excluding carboxylic acids is 1. The summed E-state index contributed by atoms with van der Waals surface area (Å²) in [6.07, 6.45) is 0.923. The number of esters is 1. The highest BCUT2D eigenvalue weighted by Crippen LogP contribution is 2.25. The van der Waals surface area contributed by atoms with Crippen molar-refractivity contribution in [1.82, 2.24) is 0 Å². The molecule has 1 rings (SSSR count). The van der Waals surface area contributed by atoms with Crippen LogP contribution in [0.4, 0.5) is 0 Å². The predicted octanol–water partition coefficient (Wildman–Crippen LogP) is 4.82. The highest BCUT2D eigenvalue weighted by Gasteiger charge is 2.19. The molecule has 0 saturated heterocycles. The van der Waals surface area contributed by atoms with E-state index in [-0.39, 0.29) is 11.9 Å². The van der Waals surface area contributed by atoms with Crippen LogP contribution in [-0.2, 0) is 9.53 Å². The quantitative estimate of drug-likeness (QED) is 0.327. The molecule has 22 heavy (non-hydrogen) atoms. The van der Waals surface area contributed by atoms with Gasteiger partial charge in [0.05, 0.1) is 0 Å². The maximum atomic E-state index is 11.9. The Labute approximate surface area is 132 Å². The molecule has 0 saturated carbocycles. The van der Waals surface area contributed by atoms with Crippen LogP contribution in [0.1, 0.15) is 56.2 Å². The van der Waals surface area contributed by atoms with Crippen molar-refractivity contribution in [1.29, 1.82) is 0 Å². The Hall–Kier alpha value is -2.00. The van der Waals surface area contributed by atoms with Crippen molar-refractivity contribution in [3.63, 3.8) is 0 Å². The largest absolute Gasteiger partial charge is 0.460 e. The van der Waals surface area contributed by atoms with Gasteiger partial charge >= 0.3 is 5.97 Å². The Morgan fingerprint density at radius 2 is 2.00 bits per heavy atom. The number of hydrogen-bond donors (Lipinski definition) is 0. The molecule has 1 aromatic carbocycles. The van der Waals surface area contributed by atoms with Gasteiger partial charge in [-0.25, -0.2) is 0 Å². The summed E-state index contributed by atoms with van der Waals surface area (Å²) in [5, 5.41) is 3.68. The fourth-order valence-electron chi connectivity index (χ4n) is 2.20. The number of carbonyl (C=O) groups is 1. The van der Waals surface area contributed by atoms with Gasteiger partial charge < -0.3 is 4.74 Å². The molecule has 0 aromatic heterocycles. The minimum atomic E-state index is -0.474. The average Bonchev–Trinajstić information content (AvgIpc) is 2.40. The van der Waals surface area contributed by atoms with Crippen LogP contribution in [0.5, 0.6) is 0 Å². The summed E-state index contributed by atoms with van der Waals surface area (Å²) in [5.41, 5.74) is 11.6. The summed E-state index contributed by atoms with van der Waals surface area (Å²) < 4.78 is 5.33. The van der Waals surface area contributed by atoms with Crippen LogP contribution < -0.4 is 0 Å². The van der Waals surface area contributed by atoms with Crippen LogP contribution in [0.3, 0.4) is 0 Å². The molecule has 0 fully saturated rings. The summed E-state index contributed by atoms with van der Waals surface area (Å²) in [6, 6.07) is 6.19. The molecule has 5 nitrogen and oxygen atoms in total. The summed E-state index contributed by atoms with van der Waals surface area (Å²) in [6.45, 7) is 10.0. The van der Waals surface area contributed by atoms with E-state index in [1.807, 2.05) is 26.8 Å². The number of ether oxygens (including phenoxy) is 1. The SMILES string of the molecule is Cc1ccc([C@H](CCC(=O)OC(C)(C)C)CN=[N+]=[N-])cc1C. The summed E-state index contributed by atoms with van der Waals surface area (Å²) in [4.78, 5) is 14.7. The Kier molecular flexibility index (Phi) is 6.44. The molecule has 0 heterocycles. The molecule has 0 N–H and O–H groups in total. The van der Waals surface area contributed by atoms with Gasteiger partial charge in [-0.2, -0.15) is 0 Å². The first-order valence-corrected chi connectivity index (χ1v) is 7.53. The third-order valence-electron chi connectivity index (χ3n) is 3.48. The Morgan fingerprint density at radius 3 is 2.55 bits per heavy atom. The highest BCUT2D eigenvalue weighted by atomic mass is 16.6. The first-order chi connectivity index (χ1) is 10.2. The molecule has 5 heteroatoms. The van der Waals surface area contributed by atoms with Gasteiger partial charge in [0.15, 0.2) is 0 Å². The average molecular weight is 303 g/mol. The Bertz CT molecular complexity index is 570. The van der Waals surface area contributed by atoms with Gasteiger partial charge in [0, 0.05) is 17.9 Å². The van der Waals surface area contributed by atoms with E-state index in [0.29, 0.717) is 19.4 Å². The molecule has 120 valence electrons. The molecule has 0 unspecified atom stereocenters. The molecule has 1 aromatic rings. The van der Waals surface area contributed by atoms with Gasteiger partial charge in [-0.1, -0.05) is 23.3 Å². The van der Waals surface area contributed by atoms with Crippen LogP contribution in [0.25, 0.3) is 10.4 Å². The molecular formula is C17H25N3O2. The lowest BCUT2D eigenvalue weighted by molar-refractivity contribution is -0.155. The third kappa shape index (κ3) is 6.19. The molecule has 0 aliphatic rings. The first-order valence-electron chi connectivity index (χ1n) is 7.53. The van der Waals surface area contributed by atoms with Crippen LogP contribution >= 0.6 is 0 Å². The molecule has 0 aliphatic carbocycles. The van der Waals surface area contributed by atoms with Crippen molar-refractivity contribution in [2.45, 2.75) is 59.0 Å².